The number of rotatable bonds is 4. The van der Waals surface area contributed by atoms with Gasteiger partial charge in [0.2, 0.25) is 0 Å². The molecule has 0 aliphatic carbocycles. The van der Waals surface area contributed by atoms with E-state index in [1.54, 1.807) is 0 Å². The van der Waals surface area contributed by atoms with Crippen LogP contribution in [0.15, 0.2) is 5.38 Å². The standard InChI is InChI=1S/C9H9F3N2O3S/c1-4(2-6(15)16)13-7(17)5-3-18-8(14-5)9(10,11)12/h3-4H,2H2,1H3,(H,13,17)(H,15,16). The summed E-state index contributed by atoms with van der Waals surface area (Å²) >= 11 is 0.313. The molecular weight excluding hydrogens is 273 g/mol. The van der Waals surface area contributed by atoms with E-state index < -0.39 is 29.1 Å². The van der Waals surface area contributed by atoms with Crippen LogP contribution < -0.4 is 5.32 Å². The van der Waals surface area contributed by atoms with Crippen molar-refractivity contribution in [2.75, 3.05) is 0 Å². The Kier molecular flexibility index (Phi) is 4.28. The van der Waals surface area contributed by atoms with Gasteiger partial charge in [-0.2, -0.15) is 13.2 Å². The summed E-state index contributed by atoms with van der Waals surface area (Å²) in [6, 6.07) is -0.689. The second-order valence-corrected chi connectivity index (χ2v) is 4.37. The molecule has 0 fully saturated rings. The molecular formula is C9H9F3N2O3S. The maximum Gasteiger partial charge on any atom is 0.443 e. The Morgan fingerprint density at radius 1 is 1.56 bits per heavy atom. The molecule has 0 aromatic carbocycles. The lowest BCUT2D eigenvalue weighted by atomic mass is 10.2. The van der Waals surface area contributed by atoms with E-state index in [0.29, 0.717) is 11.3 Å². The van der Waals surface area contributed by atoms with Crippen molar-refractivity contribution in [1.82, 2.24) is 10.3 Å². The van der Waals surface area contributed by atoms with E-state index in [0.717, 1.165) is 5.38 Å². The number of carbonyl (C=O) groups is 2. The summed E-state index contributed by atoms with van der Waals surface area (Å²) in [5.74, 6) is -1.94. The van der Waals surface area contributed by atoms with Gasteiger partial charge in [-0.1, -0.05) is 0 Å². The molecule has 2 N–H and O–H groups in total. The quantitative estimate of drug-likeness (QED) is 0.881. The summed E-state index contributed by atoms with van der Waals surface area (Å²) in [7, 11) is 0. The zero-order valence-electron chi connectivity index (χ0n) is 9.11. The van der Waals surface area contributed by atoms with Crippen LogP contribution >= 0.6 is 11.3 Å². The Balaban J connectivity index is 2.68. The van der Waals surface area contributed by atoms with Crippen molar-refractivity contribution in [3.63, 3.8) is 0 Å². The first kappa shape index (κ1) is 14.4. The Bertz CT molecular complexity index is 458. The molecule has 1 aromatic heterocycles. The van der Waals surface area contributed by atoms with Gasteiger partial charge in [-0.3, -0.25) is 9.59 Å². The number of aromatic nitrogens is 1. The Hall–Kier alpha value is -1.64. The third-order valence-corrected chi connectivity index (χ3v) is 2.72. The average Bonchev–Trinajstić information content (AvgIpc) is 2.63. The lowest BCUT2D eigenvalue weighted by molar-refractivity contribution is -0.138. The minimum Gasteiger partial charge on any atom is -0.481 e. The maximum atomic E-state index is 12.2. The second-order valence-electron chi connectivity index (χ2n) is 3.51. The number of aliphatic carboxylic acids is 1. The third kappa shape index (κ3) is 3.99. The summed E-state index contributed by atoms with van der Waals surface area (Å²) in [4.78, 5) is 24.9. The van der Waals surface area contributed by atoms with Crippen LogP contribution in [0.5, 0.6) is 0 Å². The number of amides is 1. The van der Waals surface area contributed by atoms with Gasteiger partial charge in [0.25, 0.3) is 5.91 Å². The van der Waals surface area contributed by atoms with Gasteiger partial charge in [-0.25, -0.2) is 4.98 Å². The molecule has 1 rings (SSSR count). The first-order valence-electron chi connectivity index (χ1n) is 4.75. The second kappa shape index (κ2) is 5.34. The van der Waals surface area contributed by atoms with Crippen molar-refractivity contribution in [3.8, 4) is 0 Å². The predicted octanol–water partition coefficient (Wildman–Crippen LogP) is 1.75. The van der Waals surface area contributed by atoms with Crippen LogP contribution in [0.1, 0.15) is 28.8 Å². The lowest BCUT2D eigenvalue weighted by Crippen LogP contribution is -2.34. The fourth-order valence-electron chi connectivity index (χ4n) is 1.12. The van der Waals surface area contributed by atoms with Crippen LogP contribution in [0.4, 0.5) is 13.2 Å². The summed E-state index contributed by atoms with van der Waals surface area (Å²) in [6.45, 7) is 1.43. The summed E-state index contributed by atoms with van der Waals surface area (Å²) in [5.41, 5.74) is -0.371. The number of thiazole rings is 1. The number of alkyl halides is 3. The van der Waals surface area contributed by atoms with Gasteiger partial charge in [0.1, 0.15) is 5.69 Å². The Morgan fingerprint density at radius 3 is 2.61 bits per heavy atom. The van der Waals surface area contributed by atoms with E-state index in [1.807, 2.05) is 0 Å². The summed E-state index contributed by atoms with van der Waals surface area (Å²) < 4.78 is 36.7. The van der Waals surface area contributed by atoms with Crippen LogP contribution in [0.3, 0.4) is 0 Å². The average molecular weight is 282 g/mol. The minimum atomic E-state index is -4.59. The normalized spacial score (nSPS) is 13.1. The van der Waals surface area contributed by atoms with Crippen molar-refractivity contribution in [1.29, 1.82) is 0 Å². The van der Waals surface area contributed by atoms with Gasteiger partial charge in [-0.15, -0.1) is 11.3 Å². The Labute approximate surface area is 104 Å². The van der Waals surface area contributed by atoms with Gasteiger partial charge >= 0.3 is 12.1 Å². The number of hydrogen-bond donors (Lipinski definition) is 2. The van der Waals surface area contributed by atoms with Crippen LogP contribution in [0, 0.1) is 0 Å². The van der Waals surface area contributed by atoms with Crippen LogP contribution in [-0.4, -0.2) is 28.0 Å². The van der Waals surface area contributed by atoms with Crippen LogP contribution in [0.2, 0.25) is 0 Å². The van der Waals surface area contributed by atoms with E-state index in [1.165, 1.54) is 6.92 Å². The smallest absolute Gasteiger partial charge is 0.443 e. The molecule has 1 unspecified atom stereocenters. The van der Waals surface area contributed by atoms with Crippen LogP contribution in [0.25, 0.3) is 0 Å². The van der Waals surface area contributed by atoms with Crippen molar-refractivity contribution in [2.45, 2.75) is 25.6 Å². The predicted molar refractivity (Wildman–Crippen MR) is 56.3 cm³/mol. The van der Waals surface area contributed by atoms with Gasteiger partial charge in [-0.05, 0) is 6.92 Å². The van der Waals surface area contributed by atoms with E-state index >= 15 is 0 Å². The molecule has 0 radical (unpaired) electrons. The number of nitrogens with zero attached hydrogens (tertiary/aromatic N) is 1. The molecule has 0 bridgehead atoms. The Morgan fingerprint density at radius 2 is 2.17 bits per heavy atom. The number of nitrogens with one attached hydrogen (secondary N) is 1. The minimum absolute atomic E-state index is 0.313. The first-order valence-corrected chi connectivity index (χ1v) is 5.63. The summed E-state index contributed by atoms with van der Waals surface area (Å²) in [5, 5.41) is 10.6. The zero-order chi connectivity index (χ0) is 13.9. The number of carboxylic acids is 1. The molecule has 1 aromatic rings. The molecule has 0 aliphatic heterocycles. The first-order chi connectivity index (χ1) is 8.20. The molecule has 0 saturated heterocycles. The SMILES string of the molecule is CC(CC(=O)O)NC(=O)c1csc(C(F)(F)F)n1. The molecule has 9 heteroatoms. The zero-order valence-corrected chi connectivity index (χ0v) is 9.93. The van der Waals surface area contributed by atoms with Crippen LogP contribution in [-0.2, 0) is 11.0 Å². The maximum absolute atomic E-state index is 12.2. The molecule has 1 atom stereocenters. The van der Waals surface area contributed by atoms with E-state index in [2.05, 4.69) is 10.3 Å². The molecule has 18 heavy (non-hydrogen) atoms. The lowest BCUT2D eigenvalue weighted by Gasteiger charge is -2.09. The molecule has 0 saturated carbocycles. The van der Waals surface area contributed by atoms with E-state index in [4.69, 9.17) is 5.11 Å². The third-order valence-electron chi connectivity index (χ3n) is 1.84. The fraction of sp³-hybridized carbons (Fsp3) is 0.444. The summed E-state index contributed by atoms with van der Waals surface area (Å²) in [6.07, 6.45) is -4.90. The number of carbonyl (C=O) groups excluding carboxylic acids is 1. The highest BCUT2D eigenvalue weighted by Gasteiger charge is 2.35. The van der Waals surface area contributed by atoms with Gasteiger partial charge < -0.3 is 10.4 Å². The highest BCUT2D eigenvalue weighted by atomic mass is 32.1. The number of carboxylic acid groups (broad SMARTS) is 1. The van der Waals surface area contributed by atoms with Crippen molar-refractivity contribution in [2.24, 2.45) is 0 Å². The fourth-order valence-corrected chi connectivity index (χ4v) is 1.79. The van der Waals surface area contributed by atoms with Gasteiger partial charge in [0.15, 0.2) is 5.01 Å². The molecule has 100 valence electrons. The van der Waals surface area contributed by atoms with Gasteiger partial charge in [0.05, 0.1) is 6.42 Å². The highest BCUT2D eigenvalue weighted by Crippen LogP contribution is 2.31. The van der Waals surface area contributed by atoms with Crippen molar-refractivity contribution >= 4 is 23.2 Å². The topological polar surface area (TPSA) is 79.3 Å². The molecule has 1 heterocycles. The number of hydrogen-bond acceptors (Lipinski definition) is 4. The highest BCUT2D eigenvalue weighted by molar-refractivity contribution is 7.09. The molecule has 1 amide bonds. The monoisotopic (exact) mass is 282 g/mol. The number of halogens is 3. The largest absolute Gasteiger partial charge is 0.481 e. The van der Waals surface area contributed by atoms with E-state index in [-0.39, 0.29) is 12.1 Å². The van der Waals surface area contributed by atoms with E-state index in [9.17, 15) is 22.8 Å². The van der Waals surface area contributed by atoms with Crippen molar-refractivity contribution in [3.05, 3.63) is 16.1 Å². The van der Waals surface area contributed by atoms with Gasteiger partial charge in [0, 0.05) is 11.4 Å². The molecule has 0 aliphatic rings. The molecule has 0 spiro atoms. The van der Waals surface area contributed by atoms with Crippen molar-refractivity contribution < 1.29 is 27.9 Å². The molecule has 5 nitrogen and oxygen atoms in total.